The van der Waals surface area contributed by atoms with Crippen molar-refractivity contribution in [1.82, 2.24) is 20.1 Å². The van der Waals surface area contributed by atoms with Gasteiger partial charge in [-0.15, -0.1) is 0 Å². The summed E-state index contributed by atoms with van der Waals surface area (Å²) in [4.78, 5) is 30.3. The van der Waals surface area contributed by atoms with Gasteiger partial charge in [-0.1, -0.05) is 6.07 Å². The summed E-state index contributed by atoms with van der Waals surface area (Å²) in [5.74, 6) is 0.699. The van der Waals surface area contributed by atoms with Gasteiger partial charge in [0.05, 0.1) is 32.6 Å². The molecule has 0 saturated carbocycles. The van der Waals surface area contributed by atoms with E-state index < -0.39 is 0 Å². The first-order valence-electron chi connectivity index (χ1n) is 9.30. The fraction of sp³-hybridized carbons (Fsp3) is 0.238. The Morgan fingerprint density at radius 2 is 2.00 bits per heavy atom. The monoisotopic (exact) mass is 407 g/mol. The first-order chi connectivity index (χ1) is 14.5. The van der Waals surface area contributed by atoms with E-state index in [4.69, 9.17) is 9.47 Å². The number of anilines is 1. The molecule has 0 bridgehead atoms. The molecular weight excluding hydrogens is 386 g/mol. The highest BCUT2D eigenvalue weighted by atomic mass is 16.5. The number of ether oxygens (including phenoxy) is 2. The summed E-state index contributed by atoms with van der Waals surface area (Å²) in [6.45, 7) is 0.524. The van der Waals surface area contributed by atoms with Crippen LogP contribution in [0, 0.1) is 0 Å². The Bertz CT molecular complexity index is 1120. The third-order valence-electron chi connectivity index (χ3n) is 4.99. The van der Waals surface area contributed by atoms with Crippen LogP contribution in [0.15, 0.2) is 42.9 Å². The standard InChI is InChI=1S/C21H21N5O4/c1-22-19(27)12-25-11-16(9-24-25)26-10-15-6-13(4-5-17(15)21(26)28)14-7-18(29-2)20(30-3)23-8-14/h4-9,11H,10,12H2,1-3H3,(H,22,27). The lowest BCUT2D eigenvalue weighted by molar-refractivity contribution is -0.121. The van der Waals surface area contributed by atoms with Gasteiger partial charge in [-0.05, 0) is 29.3 Å². The van der Waals surface area contributed by atoms with Crippen molar-refractivity contribution in [2.24, 2.45) is 0 Å². The van der Waals surface area contributed by atoms with Crippen molar-refractivity contribution in [2.45, 2.75) is 13.1 Å². The van der Waals surface area contributed by atoms with Crippen molar-refractivity contribution in [3.63, 3.8) is 0 Å². The van der Waals surface area contributed by atoms with Crippen molar-refractivity contribution >= 4 is 17.5 Å². The van der Waals surface area contributed by atoms with Gasteiger partial charge >= 0.3 is 0 Å². The summed E-state index contributed by atoms with van der Waals surface area (Å²) in [5, 5.41) is 6.72. The van der Waals surface area contributed by atoms with Crippen molar-refractivity contribution < 1.29 is 19.1 Å². The number of nitrogens with one attached hydrogen (secondary N) is 1. The van der Waals surface area contributed by atoms with Gasteiger partial charge in [0.25, 0.3) is 11.8 Å². The number of amides is 2. The third-order valence-corrected chi connectivity index (χ3v) is 4.99. The minimum atomic E-state index is -0.158. The average Bonchev–Trinajstić information content (AvgIpc) is 3.36. The lowest BCUT2D eigenvalue weighted by Gasteiger charge is -2.12. The average molecular weight is 407 g/mol. The normalized spacial score (nSPS) is 12.6. The number of carbonyl (C=O) groups is 2. The van der Waals surface area contributed by atoms with Gasteiger partial charge in [-0.2, -0.15) is 5.10 Å². The van der Waals surface area contributed by atoms with Crippen LogP contribution in [0.1, 0.15) is 15.9 Å². The Labute approximate surface area is 173 Å². The SMILES string of the molecule is CNC(=O)Cn1cc(N2Cc3cc(-c4cnc(OC)c(OC)c4)ccc3C2=O)cn1. The lowest BCUT2D eigenvalue weighted by Crippen LogP contribution is -2.24. The second-order valence-corrected chi connectivity index (χ2v) is 6.77. The van der Waals surface area contributed by atoms with Crippen LogP contribution in [0.3, 0.4) is 0 Å². The zero-order chi connectivity index (χ0) is 21.3. The van der Waals surface area contributed by atoms with Gasteiger partial charge in [0.15, 0.2) is 5.75 Å². The topological polar surface area (TPSA) is 98.6 Å². The van der Waals surface area contributed by atoms with E-state index in [9.17, 15) is 9.59 Å². The quantitative estimate of drug-likeness (QED) is 0.670. The summed E-state index contributed by atoms with van der Waals surface area (Å²) in [5.41, 5.74) is 3.99. The van der Waals surface area contributed by atoms with E-state index in [1.54, 1.807) is 37.6 Å². The number of pyridine rings is 1. The molecule has 0 radical (unpaired) electrons. The molecule has 0 saturated heterocycles. The zero-order valence-corrected chi connectivity index (χ0v) is 16.9. The maximum atomic E-state index is 12.9. The molecule has 3 heterocycles. The molecule has 2 aromatic heterocycles. The first kappa shape index (κ1) is 19.4. The molecule has 1 aliphatic rings. The first-order valence-corrected chi connectivity index (χ1v) is 9.30. The van der Waals surface area contributed by atoms with Crippen LogP contribution in [0.4, 0.5) is 5.69 Å². The van der Waals surface area contributed by atoms with Gasteiger partial charge in [-0.25, -0.2) is 4.98 Å². The Morgan fingerprint density at radius 1 is 1.17 bits per heavy atom. The van der Waals surface area contributed by atoms with E-state index in [0.717, 1.165) is 16.7 Å². The molecule has 154 valence electrons. The Kier molecular flexibility index (Phi) is 5.09. The number of likely N-dealkylation sites (N-methyl/N-ethyl adjacent to an activating group) is 1. The number of rotatable bonds is 6. The highest BCUT2D eigenvalue weighted by molar-refractivity contribution is 6.10. The van der Waals surface area contributed by atoms with Crippen molar-refractivity contribution in [3.05, 3.63) is 54.0 Å². The van der Waals surface area contributed by atoms with Gasteiger partial charge < -0.3 is 19.7 Å². The van der Waals surface area contributed by atoms with E-state index in [1.807, 2.05) is 24.3 Å². The van der Waals surface area contributed by atoms with Crippen molar-refractivity contribution in [1.29, 1.82) is 0 Å². The number of aromatic nitrogens is 3. The minimum absolute atomic E-state index is 0.0959. The predicted octanol–water partition coefficient (Wildman–Crippen LogP) is 1.87. The van der Waals surface area contributed by atoms with Crippen molar-refractivity contribution in [2.75, 3.05) is 26.2 Å². The van der Waals surface area contributed by atoms with Crippen LogP contribution in [0.2, 0.25) is 0 Å². The molecule has 30 heavy (non-hydrogen) atoms. The number of nitrogens with zero attached hydrogens (tertiary/aromatic N) is 4. The highest BCUT2D eigenvalue weighted by Crippen LogP contribution is 2.34. The molecule has 4 rings (SSSR count). The Morgan fingerprint density at radius 3 is 2.73 bits per heavy atom. The molecule has 0 atom stereocenters. The fourth-order valence-corrected chi connectivity index (χ4v) is 3.40. The number of carbonyl (C=O) groups excluding carboxylic acids is 2. The summed E-state index contributed by atoms with van der Waals surface area (Å²) >= 11 is 0. The van der Waals surface area contributed by atoms with Crippen LogP contribution >= 0.6 is 0 Å². The fourth-order valence-electron chi connectivity index (χ4n) is 3.40. The molecule has 0 fully saturated rings. The molecular formula is C21H21N5O4. The smallest absolute Gasteiger partial charge is 0.259 e. The second-order valence-electron chi connectivity index (χ2n) is 6.77. The molecule has 0 aliphatic carbocycles. The zero-order valence-electron chi connectivity index (χ0n) is 16.9. The molecule has 0 spiro atoms. The number of methoxy groups -OCH3 is 2. The molecule has 1 aliphatic heterocycles. The van der Waals surface area contributed by atoms with Crippen LogP contribution in [-0.2, 0) is 17.9 Å². The molecule has 1 aromatic carbocycles. The predicted molar refractivity (Wildman–Crippen MR) is 110 cm³/mol. The maximum absolute atomic E-state index is 12.9. The van der Waals surface area contributed by atoms with E-state index in [2.05, 4.69) is 15.4 Å². The lowest BCUT2D eigenvalue weighted by atomic mass is 10.0. The van der Waals surface area contributed by atoms with Gasteiger partial charge in [0.2, 0.25) is 5.91 Å². The van der Waals surface area contributed by atoms with Gasteiger partial charge in [-0.3, -0.25) is 14.3 Å². The maximum Gasteiger partial charge on any atom is 0.259 e. The van der Waals surface area contributed by atoms with Crippen LogP contribution in [0.5, 0.6) is 11.6 Å². The summed E-state index contributed by atoms with van der Waals surface area (Å²) in [6, 6.07) is 7.53. The molecule has 9 nitrogen and oxygen atoms in total. The largest absolute Gasteiger partial charge is 0.491 e. The van der Waals surface area contributed by atoms with E-state index in [1.165, 1.54) is 11.8 Å². The van der Waals surface area contributed by atoms with Crippen molar-refractivity contribution in [3.8, 4) is 22.8 Å². The summed E-state index contributed by atoms with van der Waals surface area (Å²) in [7, 11) is 4.67. The van der Waals surface area contributed by atoms with Gasteiger partial charge in [0, 0.05) is 30.6 Å². The van der Waals surface area contributed by atoms with E-state index in [-0.39, 0.29) is 18.4 Å². The molecule has 1 N–H and O–H groups in total. The van der Waals surface area contributed by atoms with E-state index >= 15 is 0 Å². The van der Waals surface area contributed by atoms with E-state index in [0.29, 0.717) is 29.4 Å². The summed E-state index contributed by atoms with van der Waals surface area (Å²) < 4.78 is 12.0. The highest BCUT2D eigenvalue weighted by Gasteiger charge is 2.29. The number of fused-ring (bicyclic) bond motifs is 1. The number of hydrogen-bond acceptors (Lipinski definition) is 6. The Hall–Kier alpha value is -3.88. The third kappa shape index (κ3) is 3.45. The molecule has 2 amide bonds. The molecule has 9 heteroatoms. The Balaban J connectivity index is 1.59. The minimum Gasteiger partial charge on any atom is -0.491 e. The second kappa shape index (κ2) is 7.86. The van der Waals surface area contributed by atoms with Crippen LogP contribution < -0.4 is 19.7 Å². The molecule has 0 unspecified atom stereocenters. The van der Waals surface area contributed by atoms with Gasteiger partial charge in [0.1, 0.15) is 6.54 Å². The van der Waals surface area contributed by atoms with Crippen LogP contribution in [-0.4, -0.2) is 47.8 Å². The molecule has 3 aromatic rings. The number of hydrogen-bond donors (Lipinski definition) is 1. The van der Waals surface area contributed by atoms with Crippen LogP contribution in [0.25, 0.3) is 11.1 Å². The number of benzene rings is 1. The summed E-state index contributed by atoms with van der Waals surface area (Å²) in [6.07, 6.45) is 4.99.